The average molecular weight is 338 g/mol. The first-order chi connectivity index (χ1) is 10.4. The number of rotatable bonds is 2. The van der Waals surface area contributed by atoms with E-state index in [-0.39, 0.29) is 5.75 Å². The molecular formula is C14H12F6N2O. The van der Waals surface area contributed by atoms with E-state index in [1.54, 1.807) is 0 Å². The van der Waals surface area contributed by atoms with E-state index in [4.69, 9.17) is 16.2 Å². The van der Waals surface area contributed by atoms with Crippen molar-refractivity contribution in [3.63, 3.8) is 0 Å². The summed E-state index contributed by atoms with van der Waals surface area (Å²) in [5.74, 6) is -0.180. The van der Waals surface area contributed by atoms with Gasteiger partial charge in [0, 0.05) is 5.70 Å². The molecule has 1 aromatic carbocycles. The Kier molecular flexibility index (Phi) is 4.10. The summed E-state index contributed by atoms with van der Waals surface area (Å²) in [6.45, 7) is 0. The standard InChI is InChI=1S/C14H12F6N2O/c15-13(16,17)10-6-8(21)7-12(22,14(18,19)20)11(10)23-9-4-2-1-3-5-9/h1-7,11H,21-22H2. The van der Waals surface area contributed by atoms with Gasteiger partial charge in [0.15, 0.2) is 11.6 Å². The first-order valence-corrected chi connectivity index (χ1v) is 6.29. The number of ether oxygens (including phenoxy) is 1. The molecule has 1 aromatic rings. The average Bonchev–Trinajstić information content (AvgIpc) is 2.40. The van der Waals surface area contributed by atoms with Crippen LogP contribution in [0.3, 0.4) is 0 Å². The lowest BCUT2D eigenvalue weighted by Gasteiger charge is -2.40. The first kappa shape index (κ1) is 17.2. The Balaban J connectivity index is 2.55. The van der Waals surface area contributed by atoms with E-state index in [0.29, 0.717) is 12.2 Å². The Bertz CT molecular complexity index is 635. The van der Waals surface area contributed by atoms with Crippen LogP contribution in [0.2, 0.25) is 0 Å². The number of para-hydroxylation sites is 1. The number of hydrogen-bond donors (Lipinski definition) is 2. The molecule has 3 nitrogen and oxygen atoms in total. The molecule has 2 rings (SSSR count). The van der Waals surface area contributed by atoms with Crippen molar-refractivity contribution >= 4 is 0 Å². The summed E-state index contributed by atoms with van der Waals surface area (Å²) in [7, 11) is 0. The van der Waals surface area contributed by atoms with Crippen LogP contribution < -0.4 is 16.2 Å². The van der Waals surface area contributed by atoms with Crippen LogP contribution in [0.25, 0.3) is 0 Å². The summed E-state index contributed by atoms with van der Waals surface area (Å²) in [5.41, 5.74) is 4.72. The fourth-order valence-corrected chi connectivity index (χ4v) is 2.16. The van der Waals surface area contributed by atoms with Crippen molar-refractivity contribution in [2.24, 2.45) is 11.5 Å². The monoisotopic (exact) mass is 338 g/mol. The highest BCUT2D eigenvalue weighted by Gasteiger charge is 2.62. The molecule has 0 amide bonds. The lowest BCUT2D eigenvalue weighted by atomic mass is 9.82. The number of hydrogen-bond acceptors (Lipinski definition) is 3. The van der Waals surface area contributed by atoms with Crippen LogP contribution in [0.1, 0.15) is 0 Å². The van der Waals surface area contributed by atoms with Crippen molar-refractivity contribution < 1.29 is 31.1 Å². The molecule has 0 aliphatic heterocycles. The normalized spacial score (nSPS) is 25.6. The van der Waals surface area contributed by atoms with Gasteiger partial charge in [-0.25, -0.2) is 0 Å². The van der Waals surface area contributed by atoms with Crippen molar-refractivity contribution in [2.75, 3.05) is 0 Å². The molecule has 0 bridgehead atoms. The lowest BCUT2D eigenvalue weighted by molar-refractivity contribution is -0.197. The fourth-order valence-electron chi connectivity index (χ4n) is 2.16. The van der Waals surface area contributed by atoms with Gasteiger partial charge in [0.25, 0.3) is 0 Å². The van der Waals surface area contributed by atoms with Gasteiger partial charge in [-0.05, 0) is 24.3 Å². The summed E-state index contributed by atoms with van der Waals surface area (Å²) in [6, 6.07) is 6.81. The van der Waals surface area contributed by atoms with Gasteiger partial charge in [-0.3, -0.25) is 0 Å². The molecule has 2 atom stereocenters. The topological polar surface area (TPSA) is 61.3 Å². The van der Waals surface area contributed by atoms with Gasteiger partial charge in [0.2, 0.25) is 0 Å². The van der Waals surface area contributed by atoms with E-state index < -0.39 is 35.3 Å². The summed E-state index contributed by atoms with van der Waals surface area (Å²) in [4.78, 5) is 0. The SMILES string of the molecule is NC1=CC(N)(C(F)(F)F)C(Oc2ccccc2)C(C(F)(F)F)=C1. The smallest absolute Gasteiger partial charge is 0.416 e. The second-order valence-electron chi connectivity index (χ2n) is 4.98. The van der Waals surface area contributed by atoms with Crippen LogP contribution in [0, 0.1) is 0 Å². The number of nitrogens with two attached hydrogens (primary N) is 2. The molecule has 1 aliphatic carbocycles. The van der Waals surface area contributed by atoms with Gasteiger partial charge in [0.05, 0.1) is 5.57 Å². The number of alkyl halides is 6. The zero-order chi connectivity index (χ0) is 17.5. The maximum absolute atomic E-state index is 13.3. The van der Waals surface area contributed by atoms with Gasteiger partial charge in [-0.2, -0.15) is 26.3 Å². The molecular weight excluding hydrogens is 326 g/mol. The van der Waals surface area contributed by atoms with E-state index in [2.05, 4.69) is 0 Å². The third-order valence-corrected chi connectivity index (χ3v) is 3.26. The summed E-state index contributed by atoms with van der Waals surface area (Å²) in [6.07, 6.45) is -12.1. The molecule has 0 aromatic heterocycles. The summed E-state index contributed by atoms with van der Waals surface area (Å²) in [5, 5.41) is 0. The van der Waals surface area contributed by atoms with Crippen LogP contribution in [-0.2, 0) is 0 Å². The van der Waals surface area contributed by atoms with Crippen LogP contribution in [0.4, 0.5) is 26.3 Å². The highest BCUT2D eigenvalue weighted by atomic mass is 19.4. The Hall–Kier alpha value is -2.16. The molecule has 126 valence electrons. The van der Waals surface area contributed by atoms with E-state index in [1.807, 2.05) is 0 Å². The van der Waals surface area contributed by atoms with Crippen LogP contribution in [-0.4, -0.2) is 24.0 Å². The lowest BCUT2D eigenvalue weighted by Crippen LogP contribution is -2.65. The van der Waals surface area contributed by atoms with Crippen LogP contribution in [0.5, 0.6) is 5.75 Å². The van der Waals surface area contributed by atoms with Crippen LogP contribution >= 0.6 is 0 Å². The predicted octanol–water partition coefficient (Wildman–Crippen LogP) is 3.04. The Morgan fingerprint density at radius 2 is 1.57 bits per heavy atom. The molecule has 0 spiro atoms. The van der Waals surface area contributed by atoms with Crippen molar-refractivity contribution in [1.82, 2.24) is 0 Å². The summed E-state index contributed by atoms with van der Waals surface area (Å²) >= 11 is 0. The third-order valence-electron chi connectivity index (χ3n) is 3.26. The van der Waals surface area contributed by atoms with Gasteiger partial charge in [-0.1, -0.05) is 18.2 Å². The first-order valence-electron chi connectivity index (χ1n) is 6.29. The fraction of sp³-hybridized carbons (Fsp3) is 0.286. The quantitative estimate of drug-likeness (QED) is 0.815. The molecule has 0 radical (unpaired) electrons. The molecule has 0 heterocycles. The van der Waals surface area contributed by atoms with Crippen molar-refractivity contribution in [1.29, 1.82) is 0 Å². The van der Waals surface area contributed by atoms with Crippen molar-refractivity contribution in [2.45, 2.75) is 24.0 Å². The van der Waals surface area contributed by atoms with Crippen molar-refractivity contribution in [3.05, 3.63) is 53.8 Å². The van der Waals surface area contributed by atoms with E-state index in [9.17, 15) is 26.3 Å². The number of halogens is 6. The molecule has 9 heteroatoms. The Labute approximate surface area is 127 Å². The molecule has 0 fully saturated rings. The Morgan fingerprint density at radius 1 is 1.00 bits per heavy atom. The molecule has 2 unspecified atom stereocenters. The van der Waals surface area contributed by atoms with E-state index in [0.717, 1.165) is 0 Å². The van der Waals surface area contributed by atoms with Gasteiger partial charge in [0.1, 0.15) is 5.75 Å². The minimum Gasteiger partial charge on any atom is -0.483 e. The minimum atomic E-state index is -5.21. The molecule has 0 saturated carbocycles. The number of benzene rings is 1. The largest absolute Gasteiger partial charge is 0.483 e. The molecule has 4 N–H and O–H groups in total. The minimum absolute atomic E-state index is 0.180. The van der Waals surface area contributed by atoms with E-state index in [1.165, 1.54) is 30.3 Å². The van der Waals surface area contributed by atoms with Gasteiger partial charge >= 0.3 is 12.4 Å². The zero-order valence-corrected chi connectivity index (χ0v) is 11.4. The highest BCUT2D eigenvalue weighted by molar-refractivity contribution is 5.42. The van der Waals surface area contributed by atoms with Gasteiger partial charge < -0.3 is 16.2 Å². The molecule has 23 heavy (non-hydrogen) atoms. The van der Waals surface area contributed by atoms with Gasteiger partial charge in [-0.15, -0.1) is 0 Å². The second kappa shape index (κ2) is 5.48. The second-order valence-corrected chi connectivity index (χ2v) is 4.98. The maximum atomic E-state index is 13.3. The van der Waals surface area contributed by atoms with Crippen LogP contribution in [0.15, 0.2) is 53.8 Å². The Morgan fingerprint density at radius 3 is 2.04 bits per heavy atom. The molecule has 1 aliphatic rings. The maximum Gasteiger partial charge on any atom is 0.416 e. The zero-order valence-electron chi connectivity index (χ0n) is 11.4. The molecule has 0 saturated heterocycles. The predicted molar refractivity (Wildman–Crippen MR) is 70.2 cm³/mol. The van der Waals surface area contributed by atoms with Crippen molar-refractivity contribution in [3.8, 4) is 5.75 Å². The third kappa shape index (κ3) is 3.29. The van der Waals surface area contributed by atoms with E-state index >= 15 is 0 Å². The highest BCUT2D eigenvalue weighted by Crippen LogP contribution is 2.44. The number of allylic oxidation sites excluding steroid dienone is 1. The summed E-state index contributed by atoms with van der Waals surface area (Å²) < 4.78 is 84.3.